The SMILES string of the molecule is O=[N+]([O-])c1c(Cl)c(Cl)c(Cl)c(Cl)c1Oc1ccccc1. The molecule has 0 radical (unpaired) electrons. The zero-order valence-electron chi connectivity index (χ0n) is 9.57. The summed E-state index contributed by atoms with van der Waals surface area (Å²) < 4.78 is 5.42. The topological polar surface area (TPSA) is 52.4 Å². The molecule has 20 heavy (non-hydrogen) atoms. The van der Waals surface area contributed by atoms with Gasteiger partial charge in [0.05, 0.1) is 15.0 Å². The van der Waals surface area contributed by atoms with Gasteiger partial charge in [-0.15, -0.1) is 0 Å². The van der Waals surface area contributed by atoms with Gasteiger partial charge in [0.2, 0.25) is 5.75 Å². The molecule has 4 nitrogen and oxygen atoms in total. The zero-order chi connectivity index (χ0) is 14.9. The molecule has 2 aromatic rings. The first kappa shape index (κ1) is 15.2. The maximum absolute atomic E-state index is 11.1. The van der Waals surface area contributed by atoms with E-state index < -0.39 is 10.6 Å². The molecule has 0 saturated carbocycles. The number of benzene rings is 2. The Kier molecular flexibility index (Phi) is 4.60. The van der Waals surface area contributed by atoms with E-state index in [1.165, 1.54) is 0 Å². The van der Waals surface area contributed by atoms with Crippen LogP contribution in [0.4, 0.5) is 5.69 Å². The number of nitro benzene ring substituents is 1. The monoisotopic (exact) mass is 351 g/mol. The number of hydrogen-bond donors (Lipinski definition) is 0. The van der Waals surface area contributed by atoms with Crippen molar-refractivity contribution < 1.29 is 9.66 Å². The number of halogens is 4. The van der Waals surface area contributed by atoms with Crippen molar-refractivity contribution in [3.63, 3.8) is 0 Å². The Morgan fingerprint density at radius 3 is 2.00 bits per heavy atom. The largest absolute Gasteiger partial charge is 0.448 e. The fraction of sp³-hybridized carbons (Fsp3) is 0. The van der Waals surface area contributed by atoms with E-state index in [1.54, 1.807) is 30.3 Å². The van der Waals surface area contributed by atoms with Crippen molar-refractivity contribution in [2.24, 2.45) is 0 Å². The Morgan fingerprint density at radius 1 is 0.900 bits per heavy atom. The van der Waals surface area contributed by atoms with Crippen LogP contribution in [0.2, 0.25) is 20.1 Å². The molecule has 0 unspecified atom stereocenters. The van der Waals surface area contributed by atoms with Crippen LogP contribution < -0.4 is 4.74 Å². The molecule has 2 rings (SSSR count). The molecular weight excluding hydrogens is 348 g/mol. The quantitative estimate of drug-likeness (QED) is 0.294. The third kappa shape index (κ3) is 2.79. The van der Waals surface area contributed by atoms with E-state index >= 15 is 0 Å². The third-order valence-corrected chi connectivity index (χ3v) is 4.12. The Morgan fingerprint density at radius 2 is 1.45 bits per heavy atom. The van der Waals surface area contributed by atoms with Crippen LogP contribution in [0, 0.1) is 10.1 Å². The molecule has 0 aromatic heterocycles. The van der Waals surface area contributed by atoms with Gasteiger partial charge in [-0.1, -0.05) is 64.6 Å². The predicted molar refractivity (Wildman–Crippen MR) is 79.7 cm³/mol. The summed E-state index contributed by atoms with van der Waals surface area (Å²) in [6.45, 7) is 0. The van der Waals surface area contributed by atoms with E-state index in [2.05, 4.69) is 0 Å². The van der Waals surface area contributed by atoms with E-state index in [9.17, 15) is 10.1 Å². The highest BCUT2D eigenvalue weighted by molar-refractivity contribution is 6.53. The van der Waals surface area contributed by atoms with Gasteiger partial charge >= 0.3 is 5.69 Å². The van der Waals surface area contributed by atoms with Crippen LogP contribution in [0.5, 0.6) is 11.5 Å². The molecule has 104 valence electrons. The summed E-state index contributed by atoms with van der Waals surface area (Å²) in [5.74, 6) is 0.106. The second kappa shape index (κ2) is 6.06. The Hall–Kier alpha value is -1.20. The Labute approximate surface area is 133 Å². The van der Waals surface area contributed by atoms with E-state index in [0.29, 0.717) is 5.75 Å². The zero-order valence-corrected chi connectivity index (χ0v) is 12.6. The molecule has 2 aromatic carbocycles. The van der Waals surface area contributed by atoms with Gasteiger partial charge in [0.15, 0.2) is 0 Å². The van der Waals surface area contributed by atoms with E-state index in [1.807, 2.05) is 0 Å². The second-order valence-electron chi connectivity index (χ2n) is 3.61. The standard InChI is InChI=1S/C12H5Cl4NO3/c13-7-8(14)10(16)12(11(9(7)15)17(18)19)20-6-4-2-1-3-5-6/h1-5H. The van der Waals surface area contributed by atoms with Gasteiger partial charge < -0.3 is 4.74 Å². The van der Waals surface area contributed by atoms with Gasteiger partial charge in [-0.05, 0) is 12.1 Å². The van der Waals surface area contributed by atoms with Crippen molar-refractivity contribution in [1.29, 1.82) is 0 Å². The van der Waals surface area contributed by atoms with Crippen LogP contribution in [0.25, 0.3) is 0 Å². The van der Waals surface area contributed by atoms with Crippen LogP contribution in [-0.4, -0.2) is 4.92 Å². The molecule has 0 bridgehead atoms. The average Bonchev–Trinajstić information content (AvgIpc) is 2.43. The number of para-hydroxylation sites is 1. The minimum absolute atomic E-state index is 0.102. The summed E-state index contributed by atoms with van der Waals surface area (Å²) in [6, 6.07) is 8.39. The van der Waals surface area contributed by atoms with Crippen LogP contribution in [0.3, 0.4) is 0 Å². The van der Waals surface area contributed by atoms with Crippen molar-refractivity contribution in [3.05, 3.63) is 60.5 Å². The van der Waals surface area contributed by atoms with Crippen molar-refractivity contribution in [1.82, 2.24) is 0 Å². The van der Waals surface area contributed by atoms with Gasteiger partial charge in [-0.2, -0.15) is 0 Å². The molecule has 0 amide bonds. The molecule has 0 saturated heterocycles. The minimum Gasteiger partial charge on any atom is -0.448 e. The lowest BCUT2D eigenvalue weighted by atomic mass is 10.2. The maximum Gasteiger partial charge on any atom is 0.333 e. The number of ether oxygens (including phenoxy) is 1. The second-order valence-corrected chi connectivity index (χ2v) is 5.12. The molecule has 0 spiro atoms. The van der Waals surface area contributed by atoms with Crippen molar-refractivity contribution in [2.45, 2.75) is 0 Å². The summed E-state index contributed by atoms with van der Waals surface area (Å²) in [5.41, 5.74) is -0.532. The van der Waals surface area contributed by atoms with Crippen LogP contribution in [0.1, 0.15) is 0 Å². The summed E-state index contributed by atoms with van der Waals surface area (Å²) in [5, 5.41) is 10.3. The number of nitrogens with zero attached hydrogens (tertiary/aromatic N) is 1. The van der Waals surface area contributed by atoms with Gasteiger partial charge in [-0.25, -0.2) is 0 Å². The number of rotatable bonds is 3. The first-order valence-corrected chi connectivity index (χ1v) is 6.68. The van der Waals surface area contributed by atoms with E-state index in [0.717, 1.165) is 0 Å². The first-order chi connectivity index (χ1) is 9.43. The minimum atomic E-state index is -0.727. The molecule has 0 fully saturated rings. The van der Waals surface area contributed by atoms with Crippen LogP contribution in [-0.2, 0) is 0 Å². The average molecular weight is 353 g/mol. The molecule has 0 atom stereocenters. The van der Waals surface area contributed by atoms with Crippen molar-refractivity contribution in [2.75, 3.05) is 0 Å². The van der Waals surface area contributed by atoms with Gasteiger partial charge in [0.25, 0.3) is 0 Å². The molecule has 0 heterocycles. The third-order valence-electron chi connectivity index (χ3n) is 2.35. The molecular formula is C12H5Cl4NO3. The normalized spacial score (nSPS) is 10.4. The highest BCUT2D eigenvalue weighted by Gasteiger charge is 2.30. The first-order valence-electron chi connectivity index (χ1n) is 5.16. The highest BCUT2D eigenvalue weighted by atomic mass is 35.5. The van der Waals surface area contributed by atoms with Gasteiger partial charge in [0.1, 0.15) is 15.8 Å². The lowest BCUT2D eigenvalue weighted by Gasteiger charge is -2.11. The summed E-state index contributed by atoms with van der Waals surface area (Å²) >= 11 is 23.5. The fourth-order valence-electron chi connectivity index (χ4n) is 1.46. The smallest absolute Gasteiger partial charge is 0.333 e. The lowest BCUT2D eigenvalue weighted by molar-refractivity contribution is -0.385. The van der Waals surface area contributed by atoms with Crippen LogP contribution >= 0.6 is 46.4 Å². The van der Waals surface area contributed by atoms with Crippen molar-refractivity contribution >= 4 is 52.1 Å². The lowest BCUT2D eigenvalue weighted by Crippen LogP contribution is -1.97. The molecule has 0 N–H and O–H groups in total. The molecule has 0 aliphatic carbocycles. The number of nitro groups is 1. The van der Waals surface area contributed by atoms with E-state index in [4.69, 9.17) is 51.1 Å². The maximum atomic E-state index is 11.1. The molecule has 0 aliphatic rings. The molecule has 8 heteroatoms. The Bertz CT molecular complexity index is 676. The predicted octanol–water partition coefficient (Wildman–Crippen LogP) is 6.00. The van der Waals surface area contributed by atoms with E-state index in [-0.39, 0.29) is 25.8 Å². The van der Waals surface area contributed by atoms with Gasteiger partial charge in [-0.3, -0.25) is 10.1 Å². The number of hydrogen-bond acceptors (Lipinski definition) is 3. The highest BCUT2D eigenvalue weighted by Crippen LogP contribution is 2.50. The van der Waals surface area contributed by atoms with Gasteiger partial charge in [0, 0.05) is 0 Å². The Balaban J connectivity index is 2.65. The fourth-order valence-corrected chi connectivity index (χ4v) is 2.40. The molecule has 0 aliphatic heterocycles. The summed E-state index contributed by atoms with van der Waals surface area (Å²) in [6.07, 6.45) is 0. The van der Waals surface area contributed by atoms with Crippen molar-refractivity contribution in [3.8, 4) is 11.5 Å². The summed E-state index contributed by atoms with van der Waals surface area (Å²) in [7, 11) is 0. The van der Waals surface area contributed by atoms with Crippen LogP contribution in [0.15, 0.2) is 30.3 Å². The summed E-state index contributed by atoms with van der Waals surface area (Å²) in [4.78, 5) is 10.4.